The van der Waals surface area contributed by atoms with Gasteiger partial charge in [-0.05, 0) is 45.6 Å². The first-order valence-corrected chi connectivity index (χ1v) is 12.1. The summed E-state index contributed by atoms with van der Waals surface area (Å²) in [6.45, 7) is 4.75. The fourth-order valence-electron chi connectivity index (χ4n) is 3.88. The van der Waals surface area contributed by atoms with Gasteiger partial charge in [-0.3, -0.25) is 4.79 Å². The highest BCUT2D eigenvalue weighted by Crippen LogP contribution is 2.25. The molecule has 0 aromatic heterocycles. The summed E-state index contributed by atoms with van der Waals surface area (Å²) in [5.74, 6) is -1.21. The van der Waals surface area contributed by atoms with E-state index in [1.807, 2.05) is 18.2 Å². The third-order valence-electron chi connectivity index (χ3n) is 5.50. The smallest absolute Gasteiger partial charge is 0.408 e. The monoisotopic (exact) mass is 523 g/mol. The number of nitrogens with one attached hydrogen (secondary N) is 2. The lowest BCUT2D eigenvalue weighted by Crippen LogP contribution is -2.62. The molecule has 1 aliphatic rings. The van der Waals surface area contributed by atoms with Crippen molar-refractivity contribution in [2.24, 2.45) is 0 Å². The minimum Gasteiger partial charge on any atom is -0.467 e. The number of carbonyl (C=O) groups excluding carboxylic acids is 4. The number of methoxy groups -OCH3 is 1. The van der Waals surface area contributed by atoms with Gasteiger partial charge in [-0.15, -0.1) is 0 Å². The molecule has 1 aromatic carbocycles. The molecule has 1 aliphatic heterocycles. The third-order valence-corrected chi connectivity index (χ3v) is 5.50. The topological polar surface area (TPSA) is 142 Å². The third kappa shape index (κ3) is 9.89. The van der Waals surface area contributed by atoms with E-state index in [4.69, 9.17) is 24.0 Å². The van der Waals surface area contributed by atoms with Crippen LogP contribution in [0.4, 0.5) is 9.59 Å². The first-order valence-electron chi connectivity index (χ1n) is 12.1. The molecule has 2 rings (SSSR count). The summed E-state index contributed by atoms with van der Waals surface area (Å²) in [5.41, 5.74) is -0.0405. The van der Waals surface area contributed by atoms with Crippen molar-refractivity contribution in [1.82, 2.24) is 15.5 Å². The number of carbonyl (C=O) groups is 4. The molecule has 1 saturated heterocycles. The second kappa shape index (κ2) is 14.4. The van der Waals surface area contributed by atoms with Gasteiger partial charge in [0.05, 0.1) is 26.8 Å². The summed E-state index contributed by atoms with van der Waals surface area (Å²) >= 11 is 0. The van der Waals surface area contributed by atoms with E-state index in [1.165, 1.54) is 19.1 Å². The molecule has 12 heteroatoms. The largest absolute Gasteiger partial charge is 0.467 e. The predicted molar refractivity (Wildman–Crippen MR) is 131 cm³/mol. The van der Waals surface area contributed by atoms with Gasteiger partial charge in [-0.2, -0.15) is 0 Å². The highest BCUT2D eigenvalue weighted by molar-refractivity contribution is 5.90. The molecule has 0 aliphatic carbocycles. The lowest BCUT2D eigenvalue weighted by Gasteiger charge is -2.41. The molecule has 0 bridgehead atoms. The van der Waals surface area contributed by atoms with E-state index in [2.05, 4.69) is 10.6 Å². The van der Waals surface area contributed by atoms with Crippen molar-refractivity contribution in [2.45, 2.75) is 70.4 Å². The second-order valence-corrected chi connectivity index (χ2v) is 9.46. The molecule has 37 heavy (non-hydrogen) atoms. The maximum Gasteiger partial charge on any atom is 0.408 e. The van der Waals surface area contributed by atoms with Gasteiger partial charge in [0.1, 0.15) is 30.9 Å². The van der Waals surface area contributed by atoms with Crippen LogP contribution < -0.4 is 10.6 Å². The number of nitrogens with zero attached hydrogens (tertiary/aromatic N) is 1. The summed E-state index contributed by atoms with van der Waals surface area (Å²) in [4.78, 5) is 62.3. The Labute approximate surface area is 216 Å². The van der Waals surface area contributed by atoms with E-state index in [1.54, 1.807) is 32.9 Å². The summed E-state index contributed by atoms with van der Waals surface area (Å²) in [7, 11) is 2.58. The molecule has 2 N–H and O–H groups in total. The molecule has 12 nitrogen and oxygen atoms in total. The van der Waals surface area contributed by atoms with Crippen LogP contribution in [-0.2, 0) is 40.2 Å². The van der Waals surface area contributed by atoms with Crippen molar-refractivity contribution < 1.29 is 43.2 Å². The average Bonchev–Trinajstić information content (AvgIpc) is 2.87. The van der Waals surface area contributed by atoms with E-state index in [9.17, 15) is 19.2 Å². The minimum atomic E-state index is -1.27. The Morgan fingerprint density at radius 1 is 1.05 bits per heavy atom. The molecular formula is C25H37N3O9. The van der Waals surface area contributed by atoms with Crippen LogP contribution >= 0.6 is 0 Å². The van der Waals surface area contributed by atoms with Crippen LogP contribution in [0, 0.1) is 0 Å². The van der Waals surface area contributed by atoms with Crippen molar-refractivity contribution in [2.75, 3.05) is 27.4 Å². The standard InChI is InChI=1S/C25H37N3O9/c1-25(2,3)37-24(32)27-19(14-26-23(31)35-15-17-10-7-6-8-11-17)21(29)28-18(16-36-34-5)12-9-13-20(28)22(30)33-4/h6-8,10-11,18-20H,9,12-16H2,1-5H3,(H,26,31)(H,27,32)/t18?,19-,20-/m0/s1. The first kappa shape index (κ1) is 29.8. The molecule has 1 unspecified atom stereocenters. The normalized spacial score (nSPS) is 18.4. The molecule has 206 valence electrons. The van der Waals surface area contributed by atoms with E-state index in [0.29, 0.717) is 19.3 Å². The quantitative estimate of drug-likeness (QED) is 0.204. The maximum absolute atomic E-state index is 13.8. The lowest BCUT2D eigenvalue weighted by atomic mass is 9.94. The van der Waals surface area contributed by atoms with Gasteiger partial charge in [-0.1, -0.05) is 30.3 Å². The number of ether oxygens (including phenoxy) is 3. The summed E-state index contributed by atoms with van der Waals surface area (Å²) in [6, 6.07) is 6.38. The van der Waals surface area contributed by atoms with E-state index in [0.717, 1.165) is 5.56 Å². The number of hydrogen-bond acceptors (Lipinski definition) is 9. The fourth-order valence-corrected chi connectivity index (χ4v) is 3.88. The van der Waals surface area contributed by atoms with Gasteiger partial charge in [0.15, 0.2) is 0 Å². The minimum absolute atomic E-state index is 0.00143. The molecule has 3 amide bonds. The number of rotatable bonds is 10. The van der Waals surface area contributed by atoms with Crippen LogP contribution in [0.3, 0.4) is 0 Å². The number of hydrogen-bond donors (Lipinski definition) is 2. The first-order chi connectivity index (χ1) is 17.6. The molecule has 1 fully saturated rings. The van der Waals surface area contributed by atoms with Crippen molar-refractivity contribution in [3.05, 3.63) is 35.9 Å². The Hall–Kier alpha value is -3.38. The Morgan fingerprint density at radius 3 is 2.38 bits per heavy atom. The second-order valence-electron chi connectivity index (χ2n) is 9.46. The van der Waals surface area contributed by atoms with E-state index >= 15 is 0 Å². The Kier molecular flexibility index (Phi) is 11.6. The van der Waals surface area contributed by atoms with Crippen LogP contribution in [0.5, 0.6) is 0 Å². The van der Waals surface area contributed by atoms with Crippen LogP contribution in [0.15, 0.2) is 30.3 Å². The SMILES string of the molecule is COOCC1CCC[C@@H](C(=O)OC)N1C(=O)[C@H](CNC(=O)OCc1ccccc1)NC(=O)OC(C)(C)C. The molecule has 3 atom stereocenters. The van der Waals surface area contributed by atoms with E-state index in [-0.39, 0.29) is 19.8 Å². The molecule has 0 radical (unpaired) electrons. The number of likely N-dealkylation sites (tertiary alicyclic amines) is 1. The predicted octanol–water partition coefficient (Wildman–Crippen LogP) is 2.31. The zero-order valence-electron chi connectivity index (χ0n) is 22.0. The van der Waals surface area contributed by atoms with Crippen LogP contribution in [-0.4, -0.2) is 80.1 Å². The van der Waals surface area contributed by atoms with Crippen LogP contribution in [0.1, 0.15) is 45.6 Å². The van der Waals surface area contributed by atoms with Crippen molar-refractivity contribution in [1.29, 1.82) is 0 Å². The highest BCUT2D eigenvalue weighted by atomic mass is 17.2. The van der Waals surface area contributed by atoms with E-state index < -0.39 is 47.8 Å². The molecule has 0 saturated carbocycles. The highest BCUT2D eigenvalue weighted by Gasteiger charge is 2.42. The van der Waals surface area contributed by atoms with Crippen LogP contribution in [0.25, 0.3) is 0 Å². The molecule has 1 heterocycles. The Bertz CT molecular complexity index is 904. The van der Waals surface area contributed by atoms with Crippen molar-refractivity contribution >= 4 is 24.1 Å². The van der Waals surface area contributed by atoms with Crippen molar-refractivity contribution in [3.8, 4) is 0 Å². The van der Waals surface area contributed by atoms with Gasteiger partial charge < -0.3 is 29.7 Å². The zero-order valence-corrected chi connectivity index (χ0v) is 22.0. The van der Waals surface area contributed by atoms with Gasteiger partial charge >= 0.3 is 18.2 Å². The number of alkyl carbamates (subject to hydrolysis) is 2. The van der Waals surface area contributed by atoms with Crippen LogP contribution in [0.2, 0.25) is 0 Å². The summed E-state index contributed by atoms with van der Waals surface area (Å²) in [5, 5.41) is 5.01. The number of benzene rings is 1. The van der Waals surface area contributed by atoms with Gasteiger partial charge in [0.25, 0.3) is 0 Å². The summed E-state index contributed by atoms with van der Waals surface area (Å²) < 4.78 is 15.4. The summed E-state index contributed by atoms with van der Waals surface area (Å²) in [6.07, 6.45) is -0.0890. The molecule has 1 aromatic rings. The fraction of sp³-hybridized carbons (Fsp3) is 0.600. The van der Waals surface area contributed by atoms with Crippen molar-refractivity contribution in [3.63, 3.8) is 0 Å². The number of piperidine rings is 1. The molecular weight excluding hydrogens is 486 g/mol. The van der Waals surface area contributed by atoms with Gasteiger partial charge in [0, 0.05) is 0 Å². The number of amides is 3. The Morgan fingerprint density at radius 2 is 1.76 bits per heavy atom. The average molecular weight is 524 g/mol. The zero-order chi connectivity index (χ0) is 27.4. The van der Waals surface area contributed by atoms with Gasteiger partial charge in [-0.25, -0.2) is 24.2 Å². The Balaban J connectivity index is 2.20. The van der Waals surface area contributed by atoms with Gasteiger partial charge in [0.2, 0.25) is 5.91 Å². The molecule has 0 spiro atoms. The maximum atomic E-state index is 13.8. The number of esters is 1. The lowest BCUT2D eigenvalue weighted by molar-refractivity contribution is -0.281.